The van der Waals surface area contributed by atoms with Gasteiger partial charge in [-0.1, -0.05) is 13.8 Å². The molecule has 158 valence electrons. The number of carbonyl (C=O) groups is 4. The first-order valence-corrected chi connectivity index (χ1v) is 9.39. The minimum absolute atomic E-state index is 0.00875. The van der Waals surface area contributed by atoms with Gasteiger partial charge in [-0.25, -0.2) is 9.59 Å². The van der Waals surface area contributed by atoms with Crippen molar-refractivity contribution in [1.29, 1.82) is 0 Å². The zero-order valence-corrected chi connectivity index (χ0v) is 17.3. The largest absolute Gasteiger partial charge is 0.481 e. The number of nitrogens with one attached hydrogen (secondary N) is 1. The van der Waals surface area contributed by atoms with E-state index in [2.05, 4.69) is 5.32 Å². The van der Waals surface area contributed by atoms with Crippen LogP contribution in [0.1, 0.15) is 47.5 Å². The number of ether oxygens (including phenoxy) is 2. The summed E-state index contributed by atoms with van der Waals surface area (Å²) in [7, 11) is 1.27. The first-order chi connectivity index (χ1) is 12.8. The minimum Gasteiger partial charge on any atom is -0.481 e. The van der Waals surface area contributed by atoms with Crippen LogP contribution in [-0.2, 0) is 23.9 Å². The Labute approximate surface area is 164 Å². The van der Waals surface area contributed by atoms with Crippen molar-refractivity contribution in [3.63, 3.8) is 0 Å². The third-order valence-corrected chi connectivity index (χ3v) is 5.57. The summed E-state index contributed by atoms with van der Waals surface area (Å²) in [5.74, 6) is -1.92. The molecule has 2 rings (SSSR count). The van der Waals surface area contributed by atoms with Gasteiger partial charge in [0.15, 0.2) is 0 Å². The van der Waals surface area contributed by atoms with Crippen LogP contribution in [0.5, 0.6) is 0 Å². The van der Waals surface area contributed by atoms with Crippen LogP contribution >= 0.6 is 0 Å². The molecule has 9 heteroatoms. The molecule has 0 aromatic rings. The fraction of sp³-hybridized carbons (Fsp3) is 0.789. The van der Waals surface area contributed by atoms with Gasteiger partial charge in [0.1, 0.15) is 17.7 Å². The summed E-state index contributed by atoms with van der Waals surface area (Å²) in [6.45, 7) is 9.51. The number of hydrogen-bond acceptors (Lipinski definition) is 6. The van der Waals surface area contributed by atoms with Gasteiger partial charge in [-0.2, -0.15) is 0 Å². The number of rotatable bonds is 6. The second-order valence-corrected chi connectivity index (χ2v) is 9.04. The van der Waals surface area contributed by atoms with Crippen molar-refractivity contribution in [2.24, 2.45) is 17.3 Å². The molecule has 1 aliphatic heterocycles. The normalized spacial score (nSPS) is 26.1. The molecule has 1 aliphatic carbocycles. The van der Waals surface area contributed by atoms with Crippen LogP contribution in [-0.4, -0.2) is 65.3 Å². The fourth-order valence-corrected chi connectivity index (χ4v) is 4.08. The monoisotopic (exact) mass is 398 g/mol. The van der Waals surface area contributed by atoms with E-state index in [0.29, 0.717) is 6.54 Å². The SMILES string of the molecule is COC(=O)[C@@H]1[C@@H]2C(CN1C(=O)[C@H](CCC(=O)O)NC(=O)OC(C)(C)C)C2(C)C. The van der Waals surface area contributed by atoms with E-state index in [9.17, 15) is 19.2 Å². The van der Waals surface area contributed by atoms with E-state index in [1.165, 1.54) is 12.0 Å². The average Bonchev–Trinajstić information content (AvgIpc) is 2.93. The van der Waals surface area contributed by atoms with E-state index >= 15 is 0 Å². The fourth-order valence-electron chi connectivity index (χ4n) is 4.08. The third kappa shape index (κ3) is 4.56. The summed E-state index contributed by atoms with van der Waals surface area (Å²) < 4.78 is 10.1. The number of hydrogen-bond donors (Lipinski definition) is 2. The van der Waals surface area contributed by atoms with Gasteiger partial charge in [0.25, 0.3) is 0 Å². The van der Waals surface area contributed by atoms with Gasteiger partial charge in [0, 0.05) is 18.9 Å². The van der Waals surface area contributed by atoms with E-state index < -0.39 is 41.6 Å². The lowest BCUT2D eigenvalue weighted by Crippen LogP contribution is -2.54. The molecule has 9 nitrogen and oxygen atoms in total. The van der Waals surface area contributed by atoms with Crippen LogP contribution in [0.4, 0.5) is 4.79 Å². The molecular formula is C19H30N2O7. The van der Waals surface area contributed by atoms with Crippen LogP contribution < -0.4 is 5.32 Å². The lowest BCUT2D eigenvalue weighted by atomic mass is 9.99. The van der Waals surface area contributed by atoms with E-state index in [0.717, 1.165) is 0 Å². The summed E-state index contributed by atoms with van der Waals surface area (Å²) in [5.41, 5.74) is -0.830. The number of amides is 2. The average molecular weight is 398 g/mol. The first kappa shape index (κ1) is 22.0. The maximum Gasteiger partial charge on any atom is 0.408 e. The highest BCUT2D eigenvalue weighted by Crippen LogP contribution is 2.65. The second kappa shape index (κ2) is 7.60. The van der Waals surface area contributed by atoms with Gasteiger partial charge in [-0.05, 0) is 38.5 Å². The van der Waals surface area contributed by atoms with Crippen molar-refractivity contribution < 1.29 is 33.8 Å². The molecule has 0 bridgehead atoms. The highest BCUT2D eigenvalue weighted by molar-refractivity contribution is 5.91. The van der Waals surface area contributed by atoms with Gasteiger partial charge in [0.2, 0.25) is 5.91 Å². The predicted octanol–water partition coefficient (Wildman–Crippen LogP) is 1.40. The first-order valence-electron chi connectivity index (χ1n) is 9.39. The van der Waals surface area contributed by atoms with Crippen LogP contribution in [0, 0.1) is 17.3 Å². The Morgan fingerprint density at radius 2 is 1.86 bits per heavy atom. The molecule has 0 radical (unpaired) electrons. The van der Waals surface area contributed by atoms with E-state index in [1.807, 2.05) is 13.8 Å². The Hall–Kier alpha value is -2.32. The standard InChI is InChI=1S/C19H30N2O7/c1-18(2,3)28-17(26)20-11(7-8-12(22)23)15(24)21-9-10-13(19(10,4)5)14(21)16(25)27-6/h10-11,13-14H,7-9H2,1-6H3,(H,20,26)(H,22,23)/t10?,11-,13-,14-/m0/s1. The Balaban J connectivity index is 2.17. The molecule has 0 spiro atoms. The van der Waals surface area contributed by atoms with Crippen LogP contribution in [0.25, 0.3) is 0 Å². The Bertz CT molecular complexity index is 668. The van der Waals surface area contributed by atoms with Crippen molar-refractivity contribution in [3.05, 3.63) is 0 Å². The molecule has 4 atom stereocenters. The minimum atomic E-state index is -1.10. The number of aliphatic carboxylic acids is 1. The molecular weight excluding hydrogens is 368 g/mol. The number of carboxylic acids is 1. The smallest absolute Gasteiger partial charge is 0.408 e. The number of carbonyl (C=O) groups excluding carboxylic acids is 3. The van der Waals surface area contributed by atoms with Gasteiger partial charge >= 0.3 is 18.0 Å². The third-order valence-electron chi connectivity index (χ3n) is 5.57. The summed E-state index contributed by atoms with van der Waals surface area (Å²) in [5, 5.41) is 11.4. The molecule has 0 aromatic carbocycles. The lowest BCUT2D eigenvalue weighted by Gasteiger charge is -2.32. The van der Waals surface area contributed by atoms with Crippen molar-refractivity contribution in [2.45, 2.75) is 65.1 Å². The van der Waals surface area contributed by atoms with Crippen LogP contribution in [0.2, 0.25) is 0 Å². The van der Waals surface area contributed by atoms with Crippen molar-refractivity contribution in [2.75, 3.05) is 13.7 Å². The van der Waals surface area contributed by atoms with Crippen molar-refractivity contribution >= 4 is 23.9 Å². The van der Waals surface area contributed by atoms with E-state index in [-0.39, 0.29) is 30.1 Å². The summed E-state index contributed by atoms with van der Waals surface area (Å²) in [6, 6.07) is -1.83. The summed E-state index contributed by atoms with van der Waals surface area (Å²) in [4.78, 5) is 50.0. The number of carboxylic acid groups (broad SMARTS) is 1. The second-order valence-electron chi connectivity index (χ2n) is 9.04. The van der Waals surface area contributed by atoms with Gasteiger partial charge < -0.3 is 24.8 Å². The maximum absolute atomic E-state index is 13.1. The maximum atomic E-state index is 13.1. The molecule has 1 saturated carbocycles. The zero-order chi connectivity index (χ0) is 21.4. The van der Waals surface area contributed by atoms with Crippen LogP contribution in [0.15, 0.2) is 0 Å². The quantitative estimate of drug-likeness (QED) is 0.649. The molecule has 0 aromatic heterocycles. The van der Waals surface area contributed by atoms with Gasteiger partial charge in [0.05, 0.1) is 7.11 Å². The molecule has 2 aliphatic rings. The summed E-state index contributed by atoms with van der Waals surface area (Å²) >= 11 is 0. The number of methoxy groups -OCH3 is 1. The predicted molar refractivity (Wildman–Crippen MR) is 98.3 cm³/mol. The Kier molecular flexibility index (Phi) is 5.96. The molecule has 2 N–H and O–H groups in total. The number of esters is 1. The summed E-state index contributed by atoms with van der Waals surface area (Å²) in [6.07, 6.45) is -1.21. The Morgan fingerprint density at radius 1 is 1.25 bits per heavy atom. The molecule has 2 fully saturated rings. The van der Waals surface area contributed by atoms with Gasteiger partial charge in [-0.3, -0.25) is 9.59 Å². The molecule has 28 heavy (non-hydrogen) atoms. The molecule has 1 saturated heterocycles. The van der Waals surface area contributed by atoms with E-state index in [1.54, 1.807) is 20.8 Å². The number of likely N-dealkylation sites (tertiary alicyclic amines) is 1. The number of piperidine rings is 1. The zero-order valence-electron chi connectivity index (χ0n) is 17.3. The highest BCUT2D eigenvalue weighted by Gasteiger charge is 2.70. The molecule has 2 amide bonds. The van der Waals surface area contributed by atoms with Crippen molar-refractivity contribution in [1.82, 2.24) is 10.2 Å². The van der Waals surface area contributed by atoms with Gasteiger partial charge in [-0.15, -0.1) is 0 Å². The highest BCUT2D eigenvalue weighted by atomic mass is 16.6. The van der Waals surface area contributed by atoms with E-state index in [4.69, 9.17) is 14.6 Å². The molecule has 1 unspecified atom stereocenters. The topological polar surface area (TPSA) is 122 Å². The number of alkyl carbamates (subject to hydrolysis) is 1. The number of nitrogens with zero attached hydrogens (tertiary/aromatic N) is 1. The Morgan fingerprint density at radius 3 is 2.36 bits per heavy atom. The number of fused-ring (bicyclic) bond motifs is 1. The lowest BCUT2D eigenvalue weighted by molar-refractivity contribution is -0.154. The van der Waals surface area contributed by atoms with Crippen molar-refractivity contribution in [3.8, 4) is 0 Å². The molecule has 1 heterocycles. The van der Waals surface area contributed by atoms with Crippen LogP contribution in [0.3, 0.4) is 0 Å².